The van der Waals surface area contributed by atoms with Gasteiger partial charge in [-0.1, -0.05) is 84.9 Å². The molecule has 0 amide bonds. The molecule has 0 N–H and O–H groups in total. The first-order valence-electron chi connectivity index (χ1n) is 13.4. The Bertz CT molecular complexity index is 1520. The van der Waals surface area contributed by atoms with Crippen molar-refractivity contribution in [2.24, 2.45) is 17.3 Å². The van der Waals surface area contributed by atoms with Gasteiger partial charge in [-0.2, -0.15) is 10.5 Å². The molecule has 208 valence electrons. The zero-order valence-corrected chi connectivity index (χ0v) is 24.0. The van der Waals surface area contributed by atoms with Gasteiger partial charge in [0, 0.05) is 21.6 Å². The van der Waals surface area contributed by atoms with Crippen LogP contribution in [0.15, 0.2) is 109 Å². The molecule has 1 heterocycles. The Hall–Kier alpha value is -4.85. The summed E-state index contributed by atoms with van der Waals surface area (Å²) in [6.45, 7) is 0. The molecule has 0 aliphatic carbocycles. The molecular formula is C35H28N2O4S. The maximum atomic E-state index is 14.4. The zero-order chi connectivity index (χ0) is 29.7. The van der Waals surface area contributed by atoms with E-state index in [4.69, 9.17) is 9.47 Å². The van der Waals surface area contributed by atoms with Crippen LogP contribution in [0.5, 0.6) is 11.5 Å². The normalized spacial score (nSPS) is 20.9. The van der Waals surface area contributed by atoms with Crippen molar-refractivity contribution in [1.82, 2.24) is 0 Å². The summed E-state index contributed by atoms with van der Waals surface area (Å²) < 4.78 is 10.7. The highest BCUT2D eigenvalue weighted by atomic mass is 32.2. The number of nitrogens with zero attached hydrogens (tertiary/aromatic N) is 2. The summed E-state index contributed by atoms with van der Waals surface area (Å²) in [6, 6.07) is 36.4. The summed E-state index contributed by atoms with van der Waals surface area (Å²) >= 11 is 1.43. The lowest BCUT2D eigenvalue weighted by atomic mass is 9.60. The third-order valence-corrected chi connectivity index (χ3v) is 9.50. The molecule has 6 nitrogen and oxygen atoms in total. The summed E-state index contributed by atoms with van der Waals surface area (Å²) in [5.74, 6) is -1.71. The Labute approximate surface area is 249 Å². The highest BCUT2D eigenvalue weighted by Crippen LogP contribution is 2.64. The average molecular weight is 573 g/mol. The van der Waals surface area contributed by atoms with Crippen LogP contribution in [0.2, 0.25) is 0 Å². The summed E-state index contributed by atoms with van der Waals surface area (Å²) in [5, 5.41) is 20.7. The largest absolute Gasteiger partial charge is 0.497 e. The first-order valence-corrected chi connectivity index (χ1v) is 14.4. The predicted octanol–water partition coefficient (Wildman–Crippen LogP) is 7.26. The fourth-order valence-electron chi connectivity index (χ4n) is 5.67. The standard InChI is InChI=1S/C35H28N2O4S/c1-40-27-17-13-25(14-18-27)33-29(31(38)23-9-5-3-6-10-23)35(21-36,22-37)30(32(39)24-11-7-4-8-12-24)34(42-33)26-15-19-28(41-2)20-16-26/h3-20,29-30,33-34H,1-2H3. The third-order valence-electron chi connectivity index (χ3n) is 7.82. The Balaban J connectivity index is 1.77. The van der Waals surface area contributed by atoms with Crippen LogP contribution >= 0.6 is 11.8 Å². The van der Waals surface area contributed by atoms with E-state index in [9.17, 15) is 20.1 Å². The predicted molar refractivity (Wildman–Crippen MR) is 161 cm³/mol. The van der Waals surface area contributed by atoms with E-state index in [0.29, 0.717) is 22.6 Å². The number of thioether (sulfide) groups is 1. The SMILES string of the molecule is COc1ccc(C2SC(c3ccc(OC)cc3)C(C(=O)c3ccccc3)C(C#N)(C#N)C2C(=O)c2ccccc2)cc1. The first kappa shape index (κ1) is 28.7. The average Bonchev–Trinajstić information content (AvgIpc) is 3.07. The van der Waals surface area contributed by atoms with Crippen LogP contribution in [0.4, 0.5) is 0 Å². The van der Waals surface area contributed by atoms with E-state index in [2.05, 4.69) is 12.1 Å². The van der Waals surface area contributed by atoms with Gasteiger partial charge in [-0.25, -0.2) is 0 Å². The lowest BCUT2D eigenvalue weighted by Gasteiger charge is -2.47. The molecule has 42 heavy (non-hydrogen) atoms. The molecule has 1 aliphatic rings. The van der Waals surface area contributed by atoms with Crippen molar-refractivity contribution in [3.05, 3.63) is 131 Å². The van der Waals surface area contributed by atoms with Gasteiger partial charge < -0.3 is 9.47 Å². The molecule has 4 aromatic rings. The monoisotopic (exact) mass is 572 g/mol. The van der Waals surface area contributed by atoms with Gasteiger partial charge >= 0.3 is 0 Å². The molecule has 4 unspecified atom stereocenters. The molecule has 4 atom stereocenters. The minimum absolute atomic E-state index is 0.355. The molecule has 0 spiro atoms. The lowest BCUT2D eigenvalue weighted by molar-refractivity contribution is 0.0690. The van der Waals surface area contributed by atoms with Crippen molar-refractivity contribution in [3.63, 3.8) is 0 Å². The highest BCUT2D eigenvalue weighted by molar-refractivity contribution is 7.99. The zero-order valence-electron chi connectivity index (χ0n) is 23.1. The number of hydrogen-bond donors (Lipinski definition) is 0. The van der Waals surface area contributed by atoms with Crippen molar-refractivity contribution < 1.29 is 19.1 Å². The Morgan fingerprint density at radius 2 is 0.976 bits per heavy atom. The number of rotatable bonds is 8. The number of Topliss-reactive ketones (excluding diaryl/α,β-unsaturated/α-hetero) is 2. The van der Waals surface area contributed by atoms with E-state index < -0.39 is 27.8 Å². The van der Waals surface area contributed by atoms with Crippen LogP contribution in [-0.2, 0) is 0 Å². The fraction of sp³-hybridized carbons (Fsp3) is 0.200. The second-order valence-corrected chi connectivity index (χ2v) is 11.3. The number of hydrogen-bond acceptors (Lipinski definition) is 7. The Morgan fingerprint density at radius 1 is 0.619 bits per heavy atom. The van der Waals surface area contributed by atoms with Crippen molar-refractivity contribution in [3.8, 4) is 23.6 Å². The smallest absolute Gasteiger partial charge is 0.170 e. The third kappa shape index (κ3) is 5.16. The number of ketones is 2. The van der Waals surface area contributed by atoms with E-state index in [1.54, 1.807) is 99.1 Å². The van der Waals surface area contributed by atoms with Crippen LogP contribution in [0.1, 0.15) is 42.3 Å². The number of methoxy groups -OCH3 is 2. The van der Waals surface area contributed by atoms with E-state index in [1.165, 1.54) is 11.8 Å². The first-order chi connectivity index (χ1) is 20.5. The second kappa shape index (κ2) is 12.3. The summed E-state index contributed by atoms with van der Waals surface area (Å²) in [4.78, 5) is 28.8. The van der Waals surface area contributed by atoms with Gasteiger partial charge in [0.05, 0.1) is 38.2 Å². The molecule has 1 fully saturated rings. The molecule has 0 bridgehead atoms. The van der Waals surface area contributed by atoms with Crippen LogP contribution in [-0.4, -0.2) is 25.8 Å². The highest BCUT2D eigenvalue weighted by Gasteiger charge is 2.62. The van der Waals surface area contributed by atoms with Gasteiger partial charge in [0.2, 0.25) is 0 Å². The van der Waals surface area contributed by atoms with Crippen molar-refractivity contribution >= 4 is 23.3 Å². The molecule has 0 aromatic heterocycles. The summed E-state index contributed by atoms with van der Waals surface area (Å²) in [6.07, 6.45) is 0. The quantitative estimate of drug-likeness (QED) is 0.205. The van der Waals surface area contributed by atoms with E-state index in [0.717, 1.165) is 11.1 Å². The minimum atomic E-state index is -1.99. The maximum Gasteiger partial charge on any atom is 0.170 e. The van der Waals surface area contributed by atoms with Gasteiger partial charge in [0.15, 0.2) is 17.0 Å². The van der Waals surface area contributed by atoms with E-state index in [1.807, 2.05) is 24.3 Å². The lowest BCUT2D eigenvalue weighted by Crippen LogP contribution is -2.50. The van der Waals surface area contributed by atoms with Crippen LogP contribution in [0.25, 0.3) is 0 Å². The molecule has 1 saturated heterocycles. The van der Waals surface area contributed by atoms with E-state index in [-0.39, 0.29) is 11.6 Å². The van der Waals surface area contributed by atoms with Crippen molar-refractivity contribution in [2.75, 3.05) is 14.2 Å². The number of carbonyl (C=O) groups excluding carboxylic acids is 2. The number of carbonyl (C=O) groups is 2. The van der Waals surface area contributed by atoms with Gasteiger partial charge in [-0.15, -0.1) is 11.8 Å². The molecule has 7 heteroatoms. The van der Waals surface area contributed by atoms with Crippen LogP contribution in [0, 0.1) is 39.9 Å². The van der Waals surface area contributed by atoms with Gasteiger partial charge in [-0.3, -0.25) is 9.59 Å². The van der Waals surface area contributed by atoms with Crippen molar-refractivity contribution in [1.29, 1.82) is 10.5 Å². The number of benzene rings is 4. The van der Waals surface area contributed by atoms with Gasteiger partial charge in [0.25, 0.3) is 0 Å². The topological polar surface area (TPSA) is 100 Å². The van der Waals surface area contributed by atoms with Crippen LogP contribution < -0.4 is 9.47 Å². The van der Waals surface area contributed by atoms with Crippen molar-refractivity contribution in [2.45, 2.75) is 10.5 Å². The molecular weight excluding hydrogens is 544 g/mol. The molecule has 4 aromatic carbocycles. The summed E-state index contributed by atoms with van der Waals surface area (Å²) in [7, 11) is 3.14. The van der Waals surface area contributed by atoms with E-state index >= 15 is 0 Å². The van der Waals surface area contributed by atoms with Gasteiger partial charge in [-0.05, 0) is 35.4 Å². The number of nitriles is 2. The maximum absolute atomic E-state index is 14.4. The minimum Gasteiger partial charge on any atom is -0.497 e. The molecule has 0 radical (unpaired) electrons. The van der Waals surface area contributed by atoms with Crippen LogP contribution in [0.3, 0.4) is 0 Å². The fourth-order valence-corrected chi connectivity index (χ4v) is 7.61. The molecule has 5 rings (SSSR count). The van der Waals surface area contributed by atoms with Gasteiger partial charge in [0.1, 0.15) is 11.5 Å². The Kier molecular flexibility index (Phi) is 8.43. The number of ether oxygens (including phenoxy) is 2. The second-order valence-electron chi connectivity index (χ2n) is 10.0. The molecule has 1 aliphatic heterocycles. The summed E-state index contributed by atoms with van der Waals surface area (Å²) in [5.41, 5.74) is 0.291. The molecule has 0 saturated carbocycles. The Morgan fingerprint density at radius 3 is 1.29 bits per heavy atom.